The van der Waals surface area contributed by atoms with Crippen molar-refractivity contribution in [2.75, 3.05) is 13.3 Å². The molecule has 106 valence electrons. The highest BCUT2D eigenvalue weighted by Crippen LogP contribution is 2.19. The molecular formula is C15H13FN4O. The zero-order valence-electron chi connectivity index (χ0n) is 11.2. The average molecular weight is 283 g/mol. The van der Waals surface area contributed by atoms with Gasteiger partial charge in [-0.25, -0.2) is 4.39 Å². The summed E-state index contributed by atoms with van der Waals surface area (Å²) in [5, 5.41) is 12.4. The molecule has 0 atom stereocenters. The Balaban J connectivity index is 1.80. The molecule has 5 nitrogen and oxygen atoms in total. The summed E-state index contributed by atoms with van der Waals surface area (Å²) in [7, 11) is 0. The number of hydrogen-bond donors (Lipinski definition) is 0. The van der Waals surface area contributed by atoms with Crippen LogP contribution in [0.5, 0.6) is 5.75 Å². The van der Waals surface area contributed by atoms with E-state index < -0.39 is 6.67 Å². The molecule has 0 fully saturated rings. The Morgan fingerprint density at radius 1 is 1.00 bits per heavy atom. The van der Waals surface area contributed by atoms with E-state index in [2.05, 4.69) is 15.4 Å². The highest BCUT2D eigenvalue weighted by Gasteiger charge is 2.07. The number of nitrogens with zero attached hydrogens (tertiary/aromatic N) is 4. The minimum atomic E-state index is -0.505. The summed E-state index contributed by atoms with van der Waals surface area (Å²) >= 11 is 0. The van der Waals surface area contributed by atoms with Gasteiger partial charge in [-0.1, -0.05) is 18.2 Å². The van der Waals surface area contributed by atoms with Gasteiger partial charge in [-0.05, 0) is 41.6 Å². The van der Waals surface area contributed by atoms with Gasteiger partial charge < -0.3 is 4.74 Å². The summed E-state index contributed by atoms with van der Waals surface area (Å²) in [6, 6.07) is 16.7. The second-order valence-corrected chi connectivity index (χ2v) is 4.30. The summed E-state index contributed by atoms with van der Waals surface area (Å²) in [5.74, 6) is 1.14. The fourth-order valence-corrected chi connectivity index (χ4v) is 1.86. The van der Waals surface area contributed by atoms with E-state index in [9.17, 15) is 4.39 Å². The molecular weight excluding hydrogens is 270 g/mol. The lowest BCUT2D eigenvalue weighted by atomic mass is 10.2. The molecule has 3 aromatic rings. The summed E-state index contributed by atoms with van der Waals surface area (Å²) in [6.45, 7) is -0.448. The first kappa shape index (κ1) is 13.2. The van der Waals surface area contributed by atoms with Crippen LogP contribution in [-0.2, 0) is 0 Å². The number of alkyl halides is 1. The molecule has 0 bridgehead atoms. The van der Waals surface area contributed by atoms with E-state index in [-0.39, 0.29) is 6.61 Å². The number of tetrazole rings is 1. The van der Waals surface area contributed by atoms with Gasteiger partial charge in [-0.2, -0.15) is 0 Å². The average Bonchev–Trinajstić information content (AvgIpc) is 3.04. The third-order valence-electron chi connectivity index (χ3n) is 2.86. The molecule has 0 saturated carbocycles. The Labute approximate surface area is 121 Å². The van der Waals surface area contributed by atoms with Crippen LogP contribution in [0.3, 0.4) is 0 Å². The summed E-state index contributed by atoms with van der Waals surface area (Å²) < 4.78 is 17.2. The molecule has 0 spiro atoms. The largest absolute Gasteiger partial charge is 0.491 e. The maximum absolute atomic E-state index is 12.0. The Hall–Kier alpha value is -2.76. The fourth-order valence-electron chi connectivity index (χ4n) is 1.86. The molecule has 3 rings (SSSR count). The smallest absolute Gasteiger partial charge is 0.205 e. The molecule has 21 heavy (non-hydrogen) atoms. The number of aromatic nitrogens is 4. The number of rotatable bonds is 5. The first-order valence-corrected chi connectivity index (χ1v) is 6.51. The van der Waals surface area contributed by atoms with Crippen LogP contribution in [0.2, 0.25) is 0 Å². The molecule has 0 unspecified atom stereocenters. The second-order valence-electron chi connectivity index (χ2n) is 4.30. The highest BCUT2D eigenvalue weighted by atomic mass is 18.2. The van der Waals surface area contributed by atoms with Crippen LogP contribution in [-0.4, -0.2) is 33.5 Å². The Bertz CT molecular complexity index is 697. The zero-order valence-corrected chi connectivity index (χ0v) is 11.2. The van der Waals surface area contributed by atoms with E-state index in [1.807, 2.05) is 42.5 Å². The van der Waals surface area contributed by atoms with Crippen LogP contribution in [0.4, 0.5) is 4.39 Å². The van der Waals surface area contributed by atoms with E-state index in [1.54, 1.807) is 12.1 Å². The van der Waals surface area contributed by atoms with Crippen molar-refractivity contribution in [2.24, 2.45) is 0 Å². The predicted octanol–water partition coefficient (Wildman–Crippen LogP) is 2.68. The lowest BCUT2D eigenvalue weighted by Gasteiger charge is -2.03. The lowest BCUT2D eigenvalue weighted by Crippen LogP contribution is -1.98. The van der Waals surface area contributed by atoms with Gasteiger partial charge in [0.15, 0.2) is 0 Å². The standard InChI is InChI=1S/C15H13FN4O/c16-10-11-21-14-8-6-12(7-9-14)15-17-19-20(18-15)13-4-2-1-3-5-13/h1-9H,10-11H2/i16-1. The maximum Gasteiger partial charge on any atom is 0.205 e. The topological polar surface area (TPSA) is 52.8 Å². The predicted molar refractivity (Wildman–Crippen MR) is 76.1 cm³/mol. The molecule has 0 N–H and O–H groups in total. The maximum atomic E-state index is 12.0. The molecule has 0 radical (unpaired) electrons. The van der Waals surface area contributed by atoms with Gasteiger partial charge in [-0.3, -0.25) is 0 Å². The minimum absolute atomic E-state index is 0.0573. The first-order valence-electron chi connectivity index (χ1n) is 6.51. The van der Waals surface area contributed by atoms with Gasteiger partial charge in [-0.15, -0.1) is 15.0 Å². The molecule has 0 aliphatic carbocycles. The molecule has 1 aromatic heterocycles. The number of ether oxygens (including phenoxy) is 1. The van der Waals surface area contributed by atoms with E-state index in [1.165, 1.54) is 4.80 Å². The van der Waals surface area contributed by atoms with E-state index in [0.717, 1.165) is 11.3 Å². The number of hydrogen-bond acceptors (Lipinski definition) is 4. The van der Waals surface area contributed by atoms with Crippen LogP contribution >= 0.6 is 0 Å². The van der Waals surface area contributed by atoms with E-state index in [4.69, 9.17) is 4.74 Å². The minimum Gasteiger partial charge on any atom is -0.491 e. The molecule has 2 aromatic carbocycles. The zero-order chi connectivity index (χ0) is 14.5. The Kier molecular flexibility index (Phi) is 3.86. The fraction of sp³-hybridized carbons (Fsp3) is 0.133. The van der Waals surface area contributed by atoms with Gasteiger partial charge in [0.2, 0.25) is 5.82 Å². The van der Waals surface area contributed by atoms with Crippen molar-refractivity contribution in [3.8, 4) is 22.8 Å². The highest BCUT2D eigenvalue weighted by molar-refractivity contribution is 5.55. The monoisotopic (exact) mass is 283 g/mol. The van der Waals surface area contributed by atoms with Crippen molar-refractivity contribution >= 4 is 0 Å². The van der Waals surface area contributed by atoms with Gasteiger partial charge in [0, 0.05) is 5.56 Å². The van der Waals surface area contributed by atoms with Gasteiger partial charge in [0.25, 0.3) is 0 Å². The molecule has 0 aliphatic rings. The molecule has 0 saturated heterocycles. The molecule has 0 aliphatic heterocycles. The number of benzene rings is 2. The lowest BCUT2D eigenvalue weighted by molar-refractivity contribution is 0.273. The number of halogens is 1. The van der Waals surface area contributed by atoms with Crippen molar-refractivity contribution in [2.45, 2.75) is 0 Å². The Morgan fingerprint density at radius 2 is 1.76 bits per heavy atom. The molecule has 0 amide bonds. The second kappa shape index (κ2) is 6.13. The van der Waals surface area contributed by atoms with Crippen molar-refractivity contribution < 1.29 is 9.13 Å². The summed E-state index contributed by atoms with van der Waals surface area (Å²) in [6.07, 6.45) is 0. The van der Waals surface area contributed by atoms with E-state index >= 15 is 0 Å². The normalized spacial score (nSPS) is 10.5. The van der Waals surface area contributed by atoms with Crippen molar-refractivity contribution in [1.29, 1.82) is 0 Å². The van der Waals surface area contributed by atoms with Crippen molar-refractivity contribution in [3.63, 3.8) is 0 Å². The number of para-hydroxylation sites is 1. The summed E-state index contributed by atoms with van der Waals surface area (Å²) in [4.78, 5) is 1.48. The van der Waals surface area contributed by atoms with Crippen LogP contribution in [0, 0.1) is 0 Å². The van der Waals surface area contributed by atoms with Crippen molar-refractivity contribution in [1.82, 2.24) is 20.2 Å². The Morgan fingerprint density at radius 3 is 2.48 bits per heavy atom. The molecule has 6 heteroatoms. The van der Waals surface area contributed by atoms with Gasteiger partial charge >= 0.3 is 0 Å². The quantitative estimate of drug-likeness (QED) is 0.722. The van der Waals surface area contributed by atoms with E-state index in [0.29, 0.717) is 11.6 Å². The van der Waals surface area contributed by atoms with Gasteiger partial charge in [0.05, 0.1) is 5.69 Å². The first-order chi connectivity index (χ1) is 10.4. The van der Waals surface area contributed by atoms with Crippen LogP contribution < -0.4 is 4.74 Å². The van der Waals surface area contributed by atoms with Crippen LogP contribution in [0.1, 0.15) is 0 Å². The third-order valence-corrected chi connectivity index (χ3v) is 2.86. The molecule has 1 heterocycles. The van der Waals surface area contributed by atoms with Crippen LogP contribution in [0.25, 0.3) is 17.1 Å². The summed E-state index contributed by atoms with van der Waals surface area (Å²) in [5.41, 5.74) is 1.67. The van der Waals surface area contributed by atoms with Crippen LogP contribution in [0.15, 0.2) is 54.6 Å². The third kappa shape index (κ3) is 3.05. The SMILES string of the molecule is [18F]CCOc1ccc(-c2nnn(-c3ccccc3)n2)cc1. The van der Waals surface area contributed by atoms with Crippen molar-refractivity contribution in [3.05, 3.63) is 54.6 Å². The van der Waals surface area contributed by atoms with Gasteiger partial charge in [0.1, 0.15) is 19.0 Å².